The van der Waals surface area contributed by atoms with Gasteiger partial charge in [0.05, 0.1) is 5.75 Å². The molecular weight excluding hydrogens is 236 g/mol. The molecular formula is C12H28N2O2S. The summed E-state index contributed by atoms with van der Waals surface area (Å²) in [5, 5.41) is 3.47. The summed E-state index contributed by atoms with van der Waals surface area (Å²) in [6, 6.07) is 0.400. The summed E-state index contributed by atoms with van der Waals surface area (Å²) in [6.45, 7) is 5.81. The molecule has 0 aliphatic rings. The third-order valence-electron chi connectivity index (χ3n) is 2.72. The van der Waals surface area contributed by atoms with E-state index in [0.29, 0.717) is 11.8 Å². The van der Waals surface area contributed by atoms with Crippen LogP contribution in [0.3, 0.4) is 0 Å². The van der Waals surface area contributed by atoms with Crippen LogP contribution < -0.4 is 5.32 Å². The molecule has 104 valence electrons. The molecule has 1 N–H and O–H groups in total. The number of rotatable bonds is 10. The van der Waals surface area contributed by atoms with Crippen molar-refractivity contribution in [3.63, 3.8) is 0 Å². The maximum atomic E-state index is 11.4. The quantitative estimate of drug-likeness (QED) is 0.643. The van der Waals surface area contributed by atoms with Crippen LogP contribution in [0.5, 0.6) is 0 Å². The molecule has 0 heterocycles. The number of nitrogens with one attached hydrogen (secondary N) is 1. The summed E-state index contributed by atoms with van der Waals surface area (Å²) in [7, 11) is 1.28. The van der Waals surface area contributed by atoms with Crippen molar-refractivity contribution in [3.05, 3.63) is 0 Å². The van der Waals surface area contributed by atoms with Crippen LogP contribution in [0.25, 0.3) is 0 Å². The van der Waals surface area contributed by atoms with Crippen LogP contribution in [-0.4, -0.2) is 58.1 Å². The molecule has 1 unspecified atom stereocenters. The molecule has 0 fully saturated rings. The second kappa shape index (κ2) is 8.89. The van der Waals surface area contributed by atoms with Crippen molar-refractivity contribution < 1.29 is 8.42 Å². The molecule has 0 aromatic rings. The van der Waals surface area contributed by atoms with Gasteiger partial charge in [-0.1, -0.05) is 13.8 Å². The maximum Gasteiger partial charge on any atom is 0.150 e. The van der Waals surface area contributed by atoms with Gasteiger partial charge in [0.15, 0.2) is 0 Å². The first-order chi connectivity index (χ1) is 7.91. The average Bonchev–Trinajstić information content (AvgIpc) is 2.24. The fourth-order valence-electron chi connectivity index (χ4n) is 1.74. The number of likely N-dealkylation sites (N-methyl/N-ethyl adjacent to an activating group) is 1. The molecule has 0 bridgehead atoms. The fourth-order valence-corrected chi connectivity index (χ4v) is 2.64. The Hall–Kier alpha value is -0.130. The zero-order valence-corrected chi connectivity index (χ0v) is 12.5. The number of hydrogen-bond donors (Lipinski definition) is 1. The van der Waals surface area contributed by atoms with E-state index in [2.05, 4.69) is 17.1 Å². The lowest BCUT2D eigenvalue weighted by atomic mass is 10.1. The molecule has 0 amide bonds. The van der Waals surface area contributed by atoms with E-state index in [1.807, 2.05) is 14.1 Å². The summed E-state index contributed by atoms with van der Waals surface area (Å²) in [4.78, 5) is 2.14. The zero-order valence-electron chi connectivity index (χ0n) is 11.7. The fraction of sp³-hybridized carbons (Fsp3) is 1.00. The first-order valence-electron chi connectivity index (χ1n) is 6.49. The zero-order chi connectivity index (χ0) is 13.3. The molecule has 0 spiro atoms. The summed E-state index contributed by atoms with van der Waals surface area (Å²) < 4.78 is 22.8. The Labute approximate surface area is 107 Å². The van der Waals surface area contributed by atoms with Crippen molar-refractivity contribution in [2.24, 2.45) is 0 Å². The van der Waals surface area contributed by atoms with Crippen LogP contribution in [0.2, 0.25) is 0 Å². The summed E-state index contributed by atoms with van der Waals surface area (Å²) in [5.41, 5.74) is 0. The van der Waals surface area contributed by atoms with Crippen molar-refractivity contribution in [3.8, 4) is 0 Å². The molecule has 0 saturated heterocycles. The highest BCUT2D eigenvalue weighted by Gasteiger charge is 2.12. The van der Waals surface area contributed by atoms with E-state index >= 15 is 0 Å². The first kappa shape index (κ1) is 16.9. The molecule has 0 saturated carbocycles. The van der Waals surface area contributed by atoms with Crippen LogP contribution in [0.4, 0.5) is 0 Å². The lowest BCUT2D eigenvalue weighted by molar-refractivity contribution is 0.325. The van der Waals surface area contributed by atoms with Gasteiger partial charge in [-0.25, -0.2) is 8.42 Å². The topological polar surface area (TPSA) is 49.4 Å². The van der Waals surface area contributed by atoms with Crippen molar-refractivity contribution in [1.82, 2.24) is 10.2 Å². The predicted octanol–water partition coefficient (Wildman–Crippen LogP) is 1.13. The van der Waals surface area contributed by atoms with Gasteiger partial charge in [0.2, 0.25) is 0 Å². The summed E-state index contributed by atoms with van der Waals surface area (Å²) >= 11 is 0. The van der Waals surface area contributed by atoms with Crippen molar-refractivity contribution in [2.75, 3.05) is 38.7 Å². The molecule has 0 radical (unpaired) electrons. The Morgan fingerprint density at radius 2 is 1.88 bits per heavy atom. The number of sulfone groups is 1. The summed E-state index contributed by atoms with van der Waals surface area (Å²) in [5.74, 6) is 0.578. The van der Waals surface area contributed by atoms with Gasteiger partial charge in [-0.05, 0) is 39.9 Å². The largest absolute Gasteiger partial charge is 0.313 e. The normalized spacial score (nSPS) is 14.2. The molecule has 17 heavy (non-hydrogen) atoms. The van der Waals surface area contributed by atoms with E-state index in [1.165, 1.54) is 0 Å². The Morgan fingerprint density at radius 1 is 1.24 bits per heavy atom. The number of nitrogens with zero attached hydrogens (tertiary/aromatic N) is 1. The molecule has 0 rings (SSSR count). The SMILES string of the molecule is CCCNC(CCCS(=O)(=O)CC)CN(C)C. The lowest BCUT2D eigenvalue weighted by Gasteiger charge is -2.22. The molecule has 0 aliphatic heterocycles. The van der Waals surface area contributed by atoms with Crippen molar-refractivity contribution in [1.29, 1.82) is 0 Å². The van der Waals surface area contributed by atoms with E-state index in [9.17, 15) is 8.42 Å². The van der Waals surface area contributed by atoms with Gasteiger partial charge in [-0.15, -0.1) is 0 Å². The van der Waals surface area contributed by atoms with Crippen molar-refractivity contribution >= 4 is 9.84 Å². The van der Waals surface area contributed by atoms with Crippen LogP contribution in [0.1, 0.15) is 33.1 Å². The lowest BCUT2D eigenvalue weighted by Crippen LogP contribution is -2.38. The van der Waals surface area contributed by atoms with Gasteiger partial charge in [0.25, 0.3) is 0 Å². The average molecular weight is 264 g/mol. The molecule has 0 aromatic carbocycles. The highest BCUT2D eigenvalue weighted by molar-refractivity contribution is 7.91. The number of hydrogen-bond acceptors (Lipinski definition) is 4. The third kappa shape index (κ3) is 9.56. The van der Waals surface area contributed by atoms with E-state index in [4.69, 9.17) is 0 Å². The van der Waals surface area contributed by atoms with E-state index in [0.717, 1.165) is 32.4 Å². The molecule has 1 atom stereocenters. The van der Waals surface area contributed by atoms with Gasteiger partial charge in [0.1, 0.15) is 9.84 Å². The highest BCUT2D eigenvalue weighted by atomic mass is 32.2. The van der Waals surface area contributed by atoms with E-state index in [-0.39, 0.29) is 5.75 Å². The maximum absolute atomic E-state index is 11.4. The van der Waals surface area contributed by atoms with Crippen LogP contribution in [0.15, 0.2) is 0 Å². The second-order valence-electron chi connectivity index (χ2n) is 4.79. The molecule has 0 aromatic heterocycles. The smallest absolute Gasteiger partial charge is 0.150 e. The predicted molar refractivity (Wildman–Crippen MR) is 74.2 cm³/mol. The second-order valence-corrected chi connectivity index (χ2v) is 7.26. The van der Waals surface area contributed by atoms with Crippen molar-refractivity contribution in [2.45, 2.75) is 39.2 Å². The van der Waals surface area contributed by atoms with Crippen LogP contribution in [0, 0.1) is 0 Å². The minimum absolute atomic E-state index is 0.258. The van der Waals surface area contributed by atoms with Gasteiger partial charge in [-0.2, -0.15) is 0 Å². The summed E-state index contributed by atoms with van der Waals surface area (Å²) in [6.07, 6.45) is 2.79. The van der Waals surface area contributed by atoms with Gasteiger partial charge in [0, 0.05) is 18.3 Å². The van der Waals surface area contributed by atoms with Crippen LogP contribution in [-0.2, 0) is 9.84 Å². The highest BCUT2D eigenvalue weighted by Crippen LogP contribution is 2.03. The Morgan fingerprint density at radius 3 is 2.35 bits per heavy atom. The standard InChI is InChI=1S/C12H28N2O2S/c1-5-9-13-12(11-14(3)4)8-7-10-17(15,16)6-2/h12-13H,5-11H2,1-4H3. The molecule has 4 nitrogen and oxygen atoms in total. The van der Waals surface area contributed by atoms with Gasteiger partial charge < -0.3 is 10.2 Å². The Kier molecular flexibility index (Phi) is 8.82. The third-order valence-corrected chi connectivity index (χ3v) is 4.51. The van der Waals surface area contributed by atoms with E-state index < -0.39 is 9.84 Å². The molecule has 0 aliphatic carbocycles. The minimum Gasteiger partial charge on any atom is -0.313 e. The van der Waals surface area contributed by atoms with Crippen LogP contribution >= 0.6 is 0 Å². The van der Waals surface area contributed by atoms with E-state index in [1.54, 1.807) is 6.92 Å². The minimum atomic E-state index is -2.81. The first-order valence-corrected chi connectivity index (χ1v) is 8.32. The van der Waals surface area contributed by atoms with Gasteiger partial charge in [-0.3, -0.25) is 0 Å². The monoisotopic (exact) mass is 264 g/mol. The Bertz CT molecular complexity index is 276. The van der Waals surface area contributed by atoms with Gasteiger partial charge >= 0.3 is 0 Å². The molecule has 5 heteroatoms. The Balaban J connectivity index is 3.98.